The van der Waals surface area contributed by atoms with E-state index in [1.54, 1.807) is 13.3 Å². The minimum atomic E-state index is 0.919. The molecule has 0 bridgehead atoms. The Kier molecular flexibility index (Phi) is 4.56. The van der Waals surface area contributed by atoms with Crippen molar-refractivity contribution in [2.24, 2.45) is 0 Å². The first-order valence-electron chi connectivity index (χ1n) is 10.1. The van der Waals surface area contributed by atoms with Crippen molar-refractivity contribution in [1.82, 2.24) is 19.9 Å². The maximum Gasteiger partial charge on any atom is 0.142 e. The third kappa shape index (κ3) is 3.19. The lowest BCUT2D eigenvalue weighted by Crippen LogP contribution is -2.29. The SMILES string of the molecule is COc1ccc2[nH]c3cnc(-c4cccnc4)cc3c2c1N1CCCN(C)CC1. The smallest absolute Gasteiger partial charge is 0.142 e. The van der Waals surface area contributed by atoms with Gasteiger partial charge < -0.3 is 19.5 Å². The van der Waals surface area contributed by atoms with Gasteiger partial charge in [0.15, 0.2) is 0 Å². The first-order chi connectivity index (χ1) is 14.2. The summed E-state index contributed by atoms with van der Waals surface area (Å²) in [7, 11) is 3.95. The number of aromatic amines is 1. The molecule has 1 N–H and O–H groups in total. The number of hydrogen-bond acceptors (Lipinski definition) is 5. The summed E-state index contributed by atoms with van der Waals surface area (Å²) in [5.74, 6) is 0.919. The monoisotopic (exact) mass is 387 g/mol. The Morgan fingerprint density at radius 2 is 1.97 bits per heavy atom. The van der Waals surface area contributed by atoms with Gasteiger partial charge in [-0.15, -0.1) is 0 Å². The number of hydrogen-bond donors (Lipinski definition) is 1. The zero-order chi connectivity index (χ0) is 19.8. The van der Waals surface area contributed by atoms with Gasteiger partial charge in [0.25, 0.3) is 0 Å². The van der Waals surface area contributed by atoms with Gasteiger partial charge in [-0.25, -0.2) is 0 Å². The lowest BCUT2D eigenvalue weighted by molar-refractivity contribution is 0.360. The quantitative estimate of drug-likeness (QED) is 0.577. The molecule has 0 spiro atoms. The molecule has 4 heterocycles. The van der Waals surface area contributed by atoms with Gasteiger partial charge >= 0.3 is 0 Å². The highest BCUT2D eigenvalue weighted by Crippen LogP contribution is 2.41. The molecule has 5 rings (SSSR count). The summed E-state index contributed by atoms with van der Waals surface area (Å²) in [5.41, 5.74) is 5.27. The Bertz CT molecular complexity index is 1150. The molecule has 1 aromatic carbocycles. The molecule has 6 nitrogen and oxygen atoms in total. The number of anilines is 1. The van der Waals surface area contributed by atoms with Crippen LogP contribution >= 0.6 is 0 Å². The van der Waals surface area contributed by atoms with E-state index in [4.69, 9.17) is 4.74 Å². The highest BCUT2D eigenvalue weighted by Gasteiger charge is 2.21. The normalized spacial score (nSPS) is 15.7. The fourth-order valence-corrected chi connectivity index (χ4v) is 4.28. The minimum absolute atomic E-state index is 0.919. The van der Waals surface area contributed by atoms with E-state index in [1.807, 2.05) is 24.5 Å². The second-order valence-electron chi connectivity index (χ2n) is 7.66. The third-order valence-corrected chi connectivity index (χ3v) is 5.80. The van der Waals surface area contributed by atoms with Crippen LogP contribution in [0, 0.1) is 0 Å². The predicted molar refractivity (Wildman–Crippen MR) is 118 cm³/mol. The molecule has 1 aliphatic rings. The molecule has 148 valence electrons. The molecule has 6 heteroatoms. The maximum atomic E-state index is 5.81. The van der Waals surface area contributed by atoms with E-state index in [-0.39, 0.29) is 0 Å². The molecule has 0 radical (unpaired) electrons. The molecule has 0 unspecified atom stereocenters. The molecule has 4 aromatic rings. The lowest BCUT2D eigenvalue weighted by atomic mass is 10.1. The Hall–Kier alpha value is -3.12. The van der Waals surface area contributed by atoms with Crippen LogP contribution in [0.5, 0.6) is 5.75 Å². The van der Waals surface area contributed by atoms with Crippen molar-refractivity contribution >= 4 is 27.5 Å². The molecule has 1 saturated heterocycles. The second kappa shape index (κ2) is 7.37. The number of aromatic nitrogens is 3. The molecule has 1 fully saturated rings. The maximum absolute atomic E-state index is 5.81. The first-order valence-corrected chi connectivity index (χ1v) is 10.1. The van der Waals surface area contributed by atoms with Crippen LogP contribution in [0.3, 0.4) is 0 Å². The number of rotatable bonds is 3. The first kappa shape index (κ1) is 17.9. The molecule has 0 saturated carbocycles. The number of nitrogens with one attached hydrogen (secondary N) is 1. The van der Waals surface area contributed by atoms with Gasteiger partial charge in [-0.2, -0.15) is 0 Å². The number of benzene rings is 1. The second-order valence-corrected chi connectivity index (χ2v) is 7.66. The number of fused-ring (bicyclic) bond motifs is 3. The number of pyridine rings is 2. The zero-order valence-electron chi connectivity index (χ0n) is 16.9. The predicted octanol–water partition coefficient (Wildman–Crippen LogP) is 3.93. The number of nitrogens with zero attached hydrogens (tertiary/aromatic N) is 4. The van der Waals surface area contributed by atoms with Gasteiger partial charge in [-0.05, 0) is 50.3 Å². The average Bonchev–Trinajstić information content (AvgIpc) is 3.00. The highest BCUT2D eigenvalue weighted by molar-refractivity contribution is 6.15. The summed E-state index contributed by atoms with van der Waals surface area (Å²) in [5, 5.41) is 2.37. The molecule has 3 aromatic heterocycles. The summed E-state index contributed by atoms with van der Waals surface area (Å²) in [4.78, 5) is 17.3. The van der Waals surface area contributed by atoms with Crippen LogP contribution < -0.4 is 9.64 Å². The summed E-state index contributed by atoms with van der Waals surface area (Å²) in [6, 6.07) is 10.3. The van der Waals surface area contributed by atoms with Gasteiger partial charge in [0.05, 0.1) is 30.2 Å². The van der Waals surface area contributed by atoms with Crippen molar-refractivity contribution in [1.29, 1.82) is 0 Å². The minimum Gasteiger partial charge on any atom is -0.495 e. The number of likely N-dealkylation sites (N-methyl/N-ethyl adjacent to an activating group) is 1. The molecule has 29 heavy (non-hydrogen) atoms. The van der Waals surface area contributed by atoms with Crippen LogP contribution in [0.15, 0.2) is 48.9 Å². The fraction of sp³-hybridized carbons (Fsp3) is 0.304. The largest absolute Gasteiger partial charge is 0.495 e. The van der Waals surface area contributed by atoms with E-state index in [2.05, 4.69) is 50.0 Å². The van der Waals surface area contributed by atoms with E-state index >= 15 is 0 Å². The zero-order valence-corrected chi connectivity index (χ0v) is 16.9. The molecule has 0 atom stereocenters. The van der Waals surface area contributed by atoms with Crippen molar-refractivity contribution < 1.29 is 4.74 Å². The topological polar surface area (TPSA) is 57.3 Å². The van der Waals surface area contributed by atoms with Crippen molar-refractivity contribution in [3.63, 3.8) is 0 Å². The number of H-pyrrole nitrogens is 1. The lowest BCUT2D eigenvalue weighted by Gasteiger charge is -2.26. The summed E-state index contributed by atoms with van der Waals surface area (Å²) in [6.07, 6.45) is 6.70. The van der Waals surface area contributed by atoms with E-state index in [0.29, 0.717) is 0 Å². The van der Waals surface area contributed by atoms with Gasteiger partial charge in [-0.3, -0.25) is 9.97 Å². The van der Waals surface area contributed by atoms with Crippen molar-refractivity contribution in [3.8, 4) is 17.0 Å². The molecule has 1 aliphatic heterocycles. The van der Waals surface area contributed by atoms with Crippen LogP contribution in [0.25, 0.3) is 33.1 Å². The van der Waals surface area contributed by atoms with E-state index < -0.39 is 0 Å². The molecular weight excluding hydrogens is 362 g/mol. The van der Waals surface area contributed by atoms with Gasteiger partial charge in [-0.1, -0.05) is 0 Å². The fourth-order valence-electron chi connectivity index (χ4n) is 4.28. The Labute approximate surface area is 170 Å². The van der Waals surface area contributed by atoms with E-state index in [9.17, 15) is 0 Å². The molecular formula is C23H25N5O. The molecule has 0 aliphatic carbocycles. The van der Waals surface area contributed by atoms with Crippen molar-refractivity contribution in [3.05, 3.63) is 48.9 Å². The van der Waals surface area contributed by atoms with Gasteiger partial charge in [0.2, 0.25) is 0 Å². The average molecular weight is 387 g/mol. The Morgan fingerprint density at radius 1 is 1.03 bits per heavy atom. The summed E-state index contributed by atoms with van der Waals surface area (Å²) < 4.78 is 5.81. The van der Waals surface area contributed by atoms with Crippen LogP contribution in [-0.2, 0) is 0 Å². The van der Waals surface area contributed by atoms with E-state index in [1.165, 1.54) is 16.5 Å². The Morgan fingerprint density at radius 3 is 2.79 bits per heavy atom. The third-order valence-electron chi connectivity index (χ3n) is 5.80. The van der Waals surface area contributed by atoms with Gasteiger partial charge in [0.1, 0.15) is 5.75 Å². The van der Waals surface area contributed by atoms with Crippen molar-refractivity contribution in [2.45, 2.75) is 6.42 Å². The Balaban J connectivity index is 1.73. The van der Waals surface area contributed by atoms with Crippen LogP contribution in [0.2, 0.25) is 0 Å². The van der Waals surface area contributed by atoms with Crippen LogP contribution in [-0.4, -0.2) is 60.2 Å². The number of methoxy groups -OCH3 is 1. The highest BCUT2D eigenvalue weighted by atomic mass is 16.5. The molecule has 0 amide bonds. The summed E-state index contributed by atoms with van der Waals surface area (Å²) >= 11 is 0. The van der Waals surface area contributed by atoms with Gasteiger partial charge in [0, 0.05) is 53.9 Å². The van der Waals surface area contributed by atoms with E-state index in [0.717, 1.165) is 60.6 Å². The van der Waals surface area contributed by atoms with Crippen LogP contribution in [0.1, 0.15) is 6.42 Å². The van der Waals surface area contributed by atoms with Crippen molar-refractivity contribution in [2.75, 3.05) is 45.2 Å². The standard InChI is InChI=1S/C23H25N5O/c1-27-9-4-10-28(12-11-27)23-21(29-2)7-6-18-22(23)17-13-19(25-15-20(17)26-18)16-5-3-8-24-14-16/h3,5-8,13-15,26H,4,9-12H2,1-2H3. The summed E-state index contributed by atoms with van der Waals surface area (Å²) in [6.45, 7) is 4.17. The number of ether oxygens (including phenoxy) is 1. The van der Waals surface area contributed by atoms with Crippen LogP contribution in [0.4, 0.5) is 5.69 Å².